The molecule has 25 heavy (non-hydrogen) atoms. The molecule has 0 fully saturated rings. The summed E-state index contributed by atoms with van der Waals surface area (Å²) in [5, 5.41) is 7.77. The number of nitrogens with zero attached hydrogens (tertiary/aromatic N) is 4. The Morgan fingerprint density at radius 1 is 1.12 bits per heavy atom. The Kier molecular flexibility index (Phi) is 3.87. The van der Waals surface area contributed by atoms with E-state index >= 15 is 0 Å². The summed E-state index contributed by atoms with van der Waals surface area (Å²) in [5.74, 6) is 2.02. The first kappa shape index (κ1) is 15.6. The molecule has 128 valence electrons. The summed E-state index contributed by atoms with van der Waals surface area (Å²) in [7, 11) is 0. The van der Waals surface area contributed by atoms with Gasteiger partial charge in [-0.1, -0.05) is 6.07 Å². The third-order valence-corrected chi connectivity index (χ3v) is 4.61. The number of benzene rings is 1. The van der Waals surface area contributed by atoms with Gasteiger partial charge in [-0.25, -0.2) is 9.97 Å². The molecule has 0 spiro atoms. The maximum atomic E-state index is 4.76. The van der Waals surface area contributed by atoms with Crippen molar-refractivity contribution in [2.75, 3.05) is 11.9 Å². The molecule has 0 saturated heterocycles. The Bertz CT molecular complexity index is 1040. The maximum Gasteiger partial charge on any atom is 0.157 e. The second-order valence-electron chi connectivity index (χ2n) is 6.50. The highest BCUT2D eigenvalue weighted by Crippen LogP contribution is 2.20. The average molecular weight is 334 g/mol. The molecular weight excluding hydrogens is 312 g/mol. The van der Waals surface area contributed by atoms with E-state index in [2.05, 4.69) is 46.4 Å². The molecule has 0 atom stereocenters. The van der Waals surface area contributed by atoms with E-state index in [1.54, 1.807) is 6.20 Å². The first-order valence-electron chi connectivity index (χ1n) is 8.62. The number of hydrogen-bond acceptors (Lipinski definition) is 4. The number of aromatic amines is 1. The Labute approximate surface area is 146 Å². The lowest BCUT2D eigenvalue weighted by atomic mass is 10.1. The lowest BCUT2D eigenvalue weighted by Gasteiger charge is -2.08. The van der Waals surface area contributed by atoms with Crippen LogP contribution in [0.1, 0.15) is 29.1 Å². The highest BCUT2D eigenvalue weighted by molar-refractivity contribution is 5.79. The third-order valence-electron chi connectivity index (χ3n) is 4.61. The smallest absolute Gasteiger partial charge is 0.157 e. The quantitative estimate of drug-likeness (QED) is 0.547. The van der Waals surface area contributed by atoms with Crippen LogP contribution < -0.4 is 5.32 Å². The van der Waals surface area contributed by atoms with E-state index in [1.165, 1.54) is 11.1 Å². The Hall–Kier alpha value is -2.89. The van der Waals surface area contributed by atoms with E-state index in [9.17, 15) is 0 Å². The summed E-state index contributed by atoms with van der Waals surface area (Å²) in [6.45, 7) is 7.11. The van der Waals surface area contributed by atoms with Crippen LogP contribution in [0.25, 0.3) is 16.7 Å². The number of anilines is 1. The average Bonchev–Trinajstić information content (AvgIpc) is 3.21. The van der Waals surface area contributed by atoms with Crippen molar-refractivity contribution in [1.82, 2.24) is 24.6 Å². The number of fused-ring (bicyclic) bond motifs is 2. The normalized spacial score (nSPS) is 11.5. The molecule has 3 heterocycles. The molecule has 0 aliphatic rings. The standard InChI is InChI=1S/C19H22N6/c1-12-6-7-15-19(14(12)3)24-16(23-15)5-4-9-20-18-11-13(2)22-17-8-10-21-25(17)18/h6-8,10-11,20H,4-5,9H2,1-3H3,(H,23,24). The zero-order valence-electron chi connectivity index (χ0n) is 14.8. The van der Waals surface area contributed by atoms with Crippen molar-refractivity contribution in [1.29, 1.82) is 0 Å². The van der Waals surface area contributed by atoms with Crippen molar-refractivity contribution < 1.29 is 0 Å². The van der Waals surface area contributed by atoms with Crippen molar-refractivity contribution >= 4 is 22.5 Å². The molecule has 6 nitrogen and oxygen atoms in total. The van der Waals surface area contributed by atoms with Gasteiger partial charge in [-0.2, -0.15) is 9.61 Å². The second-order valence-corrected chi connectivity index (χ2v) is 6.50. The zero-order valence-corrected chi connectivity index (χ0v) is 14.8. The topological polar surface area (TPSA) is 70.9 Å². The fourth-order valence-electron chi connectivity index (χ4n) is 3.12. The Morgan fingerprint density at radius 3 is 2.88 bits per heavy atom. The van der Waals surface area contributed by atoms with Gasteiger partial charge >= 0.3 is 0 Å². The monoisotopic (exact) mass is 334 g/mol. The van der Waals surface area contributed by atoms with E-state index in [4.69, 9.17) is 4.98 Å². The van der Waals surface area contributed by atoms with Gasteiger partial charge in [-0.15, -0.1) is 0 Å². The summed E-state index contributed by atoms with van der Waals surface area (Å²) in [4.78, 5) is 12.7. The number of rotatable bonds is 5. The highest BCUT2D eigenvalue weighted by Gasteiger charge is 2.07. The number of imidazole rings is 1. The van der Waals surface area contributed by atoms with Gasteiger partial charge in [0.2, 0.25) is 0 Å². The molecule has 2 N–H and O–H groups in total. The molecule has 1 aromatic carbocycles. The van der Waals surface area contributed by atoms with Gasteiger partial charge < -0.3 is 10.3 Å². The highest BCUT2D eigenvalue weighted by atomic mass is 15.3. The summed E-state index contributed by atoms with van der Waals surface area (Å²) < 4.78 is 1.83. The zero-order chi connectivity index (χ0) is 17.4. The van der Waals surface area contributed by atoms with Crippen molar-refractivity contribution in [3.63, 3.8) is 0 Å². The molecule has 4 rings (SSSR count). The van der Waals surface area contributed by atoms with Crippen molar-refractivity contribution in [2.45, 2.75) is 33.6 Å². The van der Waals surface area contributed by atoms with Crippen LogP contribution >= 0.6 is 0 Å². The molecule has 0 aliphatic heterocycles. The van der Waals surface area contributed by atoms with E-state index in [0.29, 0.717) is 0 Å². The Morgan fingerprint density at radius 2 is 2.00 bits per heavy atom. The number of nitrogens with one attached hydrogen (secondary N) is 2. The molecule has 6 heteroatoms. The number of hydrogen-bond donors (Lipinski definition) is 2. The van der Waals surface area contributed by atoms with Crippen LogP contribution in [0.4, 0.5) is 5.82 Å². The van der Waals surface area contributed by atoms with Crippen molar-refractivity contribution in [2.24, 2.45) is 0 Å². The van der Waals surface area contributed by atoms with Crippen molar-refractivity contribution in [3.05, 3.63) is 53.1 Å². The molecule has 0 unspecified atom stereocenters. The molecular formula is C19H22N6. The predicted molar refractivity (Wildman–Crippen MR) is 100 cm³/mol. The summed E-state index contributed by atoms with van der Waals surface area (Å²) in [6.07, 6.45) is 3.67. The molecule has 0 saturated carbocycles. The molecule has 0 amide bonds. The van der Waals surface area contributed by atoms with Crippen molar-refractivity contribution in [3.8, 4) is 0 Å². The maximum absolute atomic E-state index is 4.76. The minimum Gasteiger partial charge on any atom is -0.370 e. The number of H-pyrrole nitrogens is 1. The van der Waals surface area contributed by atoms with Gasteiger partial charge in [0.1, 0.15) is 11.6 Å². The molecule has 4 aromatic rings. The molecule has 3 aromatic heterocycles. The number of aromatic nitrogens is 5. The van der Waals surface area contributed by atoms with Gasteiger partial charge in [0.25, 0.3) is 0 Å². The van der Waals surface area contributed by atoms with Crippen LogP contribution in [-0.4, -0.2) is 31.1 Å². The third kappa shape index (κ3) is 2.95. The molecule has 0 bridgehead atoms. The largest absolute Gasteiger partial charge is 0.370 e. The number of aryl methyl sites for hydroxylation is 4. The van der Waals surface area contributed by atoms with Gasteiger partial charge in [-0.3, -0.25) is 0 Å². The minimum absolute atomic E-state index is 0.855. The SMILES string of the molecule is Cc1cc(NCCCc2nc3c(C)c(C)ccc3[nH]2)n2nccc2n1. The van der Waals surface area contributed by atoms with E-state index < -0.39 is 0 Å². The summed E-state index contributed by atoms with van der Waals surface area (Å²) in [5.41, 5.74) is 6.60. The van der Waals surface area contributed by atoms with Crippen LogP contribution in [0.5, 0.6) is 0 Å². The first-order chi connectivity index (χ1) is 12.1. The Balaban J connectivity index is 1.42. The van der Waals surface area contributed by atoms with E-state index in [-0.39, 0.29) is 0 Å². The predicted octanol–water partition coefficient (Wildman–Crippen LogP) is 3.58. The van der Waals surface area contributed by atoms with E-state index in [0.717, 1.165) is 53.4 Å². The van der Waals surface area contributed by atoms with Gasteiger partial charge in [0, 0.05) is 30.8 Å². The van der Waals surface area contributed by atoms with Crippen LogP contribution in [0.15, 0.2) is 30.5 Å². The fraction of sp³-hybridized carbons (Fsp3) is 0.316. The summed E-state index contributed by atoms with van der Waals surface area (Å²) >= 11 is 0. The summed E-state index contributed by atoms with van der Waals surface area (Å²) in [6, 6.07) is 8.19. The van der Waals surface area contributed by atoms with Crippen LogP contribution in [0.3, 0.4) is 0 Å². The fourth-order valence-corrected chi connectivity index (χ4v) is 3.12. The van der Waals surface area contributed by atoms with Crippen LogP contribution in [0.2, 0.25) is 0 Å². The lowest BCUT2D eigenvalue weighted by molar-refractivity contribution is 0.808. The van der Waals surface area contributed by atoms with Gasteiger partial charge in [-0.05, 0) is 44.4 Å². The molecule has 0 radical (unpaired) electrons. The van der Waals surface area contributed by atoms with Gasteiger partial charge in [0.15, 0.2) is 5.65 Å². The van der Waals surface area contributed by atoms with Crippen LogP contribution in [-0.2, 0) is 6.42 Å². The lowest BCUT2D eigenvalue weighted by Crippen LogP contribution is -2.09. The first-order valence-corrected chi connectivity index (χ1v) is 8.62. The van der Waals surface area contributed by atoms with Gasteiger partial charge in [0.05, 0.1) is 17.2 Å². The second kappa shape index (κ2) is 6.20. The van der Waals surface area contributed by atoms with E-state index in [1.807, 2.05) is 23.6 Å². The minimum atomic E-state index is 0.855. The van der Waals surface area contributed by atoms with Crippen LogP contribution in [0, 0.1) is 20.8 Å². The molecule has 0 aliphatic carbocycles.